The topological polar surface area (TPSA) is 26.4 Å². The van der Waals surface area contributed by atoms with E-state index in [1.807, 2.05) is 33.9 Å². The van der Waals surface area contributed by atoms with Crippen molar-refractivity contribution >= 4 is 124 Å². The number of thiophene rings is 1. The summed E-state index contributed by atoms with van der Waals surface area (Å²) < 4.78 is 7.02. The van der Waals surface area contributed by atoms with E-state index in [0.29, 0.717) is 0 Å². The maximum Gasteiger partial charge on any atom is 0.263 e. The van der Waals surface area contributed by atoms with Crippen molar-refractivity contribution in [3.8, 4) is 16.8 Å². The van der Waals surface area contributed by atoms with Gasteiger partial charge in [-0.3, -0.25) is 9.20 Å². The Balaban J connectivity index is 1.03. The van der Waals surface area contributed by atoms with Crippen LogP contribution in [0.15, 0.2) is 187 Å². The van der Waals surface area contributed by atoms with Crippen molar-refractivity contribution in [3.05, 3.63) is 192 Å². The molecule has 0 saturated heterocycles. The van der Waals surface area contributed by atoms with Gasteiger partial charge in [0.25, 0.3) is 5.56 Å². The lowest BCUT2D eigenvalue weighted by atomic mass is 9.91. The molecule has 4 aromatic heterocycles. The summed E-state index contributed by atoms with van der Waals surface area (Å²) in [4.78, 5) is 14.0. The minimum absolute atomic E-state index is 0.0308. The van der Waals surface area contributed by atoms with Crippen LogP contribution in [0, 0.1) is 0 Å². The Morgan fingerprint density at radius 1 is 0.322 bits per heavy atom. The van der Waals surface area contributed by atoms with Crippen LogP contribution in [-0.2, 0) is 0 Å². The lowest BCUT2D eigenvalue weighted by Crippen LogP contribution is -2.12. The Morgan fingerprint density at radius 3 is 1.68 bits per heavy atom. The van der Waals surface area contributed by atoms with Crippen LogP contribution >= 0.6 is 11.3 Å². The largest absolute Gasteiger partial charge is 0.309 e. The molecule has 272 valence electrons. The molecule has 3 nitrogen and oxygen atoms in total. The van der Waals surface area contributed by atoms with Crippen LogP contribution in [0.3, 0.4) is 0 Å². The number of hydrogen-bond acceptors (Lipinski definition) is 2. The fourth-order valence-corrected chi connectivity index (χ4v) is 11.6. The van der Waals surface area contributed by atoms with Crippen molar-refractivity contribution < 1.29 is 0 Å². The van der Waals surface area contributed by atoms with Crippen LogP contribution in [0.1, 0.15) is 0 Å². The molecule has 4 heterocycles. The monoisotopic (exact) mass is 766 g/mol. The molecule has 0 bridgehead atoms. The van der Waals surface area contributed by atoms with Crippen molar-refractivity contribution in [2.75, 3.05) is 0 Å². The average molecular weight is 767 g/mol. The van der Waals surface area contributed by atoms with Gasteiger partial charge in [0, 0.05) is 58.2 Å². The van der Waals surface area contributed by atoms with Gasteiger partial charge in [-0.25, -0.2) is 0 Å². The summed E-state index contributed by atoms with van der Waals surface area (Å²) >= 11 is 1.87. The zero-order valence-electron chi connectivity index (χ0n) is 31.5. The number of para-hydroxylation sites is 2. The number of fused-ring (bicyclic) bond motifs is 17. The Labute approximate surface area is 340 Å². The molecule has 14 rings (SSSR count). The van der Waals surface area contributed by atoms with Crippen molar-refractivity contribution in [2.24, 2.45) is 0 Å². The second kappa shape index (κ2) is 11.3. The first-order valence-electron chi connectivity index (χ1n) is 20.1. The van der Waals surface area contributed by atoms with Crippen LogP contribution in [0.4, 0.5) is 0 Å². The molecule has 0 aliphatic carbocycles. The smallest absolute Gasteiger partial charge is 0.263 e. The van der Waals surface area contributed by atoms with E-state index in [0.717, 1.165) is 54.8 Å². The normalized spacial score (nSPS) is 12.5. The molecule has 0 aliphatic rings. The van der Waals surface area contributed by atoms with Gasteiger partial charge in [-0.2, -0.15) is 0 Å². The molecule has 0 unspecified atom stereocenters. The molecular weight excluding hydrogens is 737 g/mol. The zero-order chi connectivity index (χ0) is 38.5. The van der Waals surface area contributed by atoms with Crippen molar-refractivity contribution in [1.82, 2.24) is 8.97 Å². The Morgan fingerprint density at radius 2 is 0.881 bits per heavy atom. The predicted molar refractivity (Wildman–Crippen MR) is 253 cm³/mol. The van der Waals surface area contributed by atoms with Crippen LogP contribution in [0.2, 0.25) is 0 Å². The van der Waals surface area contributed by atoms with Crippen LogP contribution in [-0.4, -0.2) is 8.97 Å². The summed E-state index contributed by atoms with van der Waals surface area (Å²) in [6.07, 6.45) is 0. The summed E-state index contributed by atoms with van der Waals surface area (Å²) in [5.41, 5.74) is 7.80. The summed E-state index contributed by atoms with van der Waals surface area (Å²) in [6.45, 7) is 0. The molecule has 0 amide bonds. The molecule has 0 saturated carbocycles. The molecule has 0 spiro atoms. The van der Waals surface area contributed by atoms with E-state index in [9.17, 15) is 4.79 Å². The minimum atomic E-state index is 0.0308. The summed E-state index contributed by atoms with van der Waals surface area (Å²) in [5.74, 6) is 0. The molecule has 14 aromatic rings. The van der Waals surface area contributed by atoms with E-state index in [1.165, 1.54) is 74.3 Å². The number of benzene rings is 10. The van der Waals surface area contributed by atoms with Gasteiger partial charge in [0.2, 0.25) is 0 Å². The zero-order valence-corrected chi connectivity index (χ0v) is 32.3. The van der Waals surface area contributed by atoms with Crippen LogP contribution in [0.5, 0.6) is 0 Å². The second-order valence-electron chi connectivity index (χ2n) is 16.0. The third-order valence-corrected chi connectivity index (χ3v) is 14.2. The number of pyridine rings is 1. The van der Waals surface area contributed by atoms with E-state index in [2.05, 4.69) is 168 Å². The van der Waals surface area contributed by atoms with Gasteiger partial charge in [0.1, 0.15) is 0 Å². The molecule has 0 N–H and O–H groups in total. The predicted octanol–water partition coefficient (Wildman–Crippen LogP) is 14.8. The Bertz CT molecular complexity index is 4220. The second-order valence-corrected chi connectivity index (χ2v) is 17.1. The maximum absolute atomic E-state index is 14.0. The number of rotatable bonds is 2. The van der Waals surface area contributed by atoms with Gasteiger partial charge in [0.05, 0.1) is 22.1 Å². The lowest BCUT2D eigenvalue weighted by molar-refractivity contribution is 1.19. The highest BCUT2D eigenvalue weighted by Crippen LogP contribution is 2.43. The Kier molecular flexibility index (Phi) is 6.05. The molecule has 59 heavy (non-hydrogen) atoms. The molecular formula is C55H30N2OS. The number of aromatic nitrogens is 2. The highest BCUT2D eigenvalue weighted by atomic mass is 32.1. The average Bonchev–Trinajstić information content (AvgIpc) is 3.94. The van der Waals surface area contributed by atoms with Gasteiger partial charge < -0.3 is 4.57 Å². The first kappa shape index (κ1) is 31.5. The van der Waals surface area contributed by atoms with Gasteiger partial charge in [-0.05, 0) is 109 Å². The Hall–Kier alpha value is -7.53. The summed E-state index contributed by atoms with van der Waals surface area (Å²) in [7, 11) is 0. The standard InChI is InChI=1S/C55H30N2OS/c58-55-43-15-4-3-12-36(43)41-16-9-17-42-46-27-32(21-25-50(46)57(55)54(41)42)31-20-23-37-34-10-1-2-11-35(34)38-24-22-33(28-45(38)44(37)26-31)56-49-18-7-5-13-39(49)47-30-53-48(29-51(47)56)40-14-6-8-19-52(40)59-53/h1-30H. The maximum atomic E-state index is 14.0. The highest BCUT2D eigenvalue weighted by Gasteiger charge is 2.20. The molecule has 4 heteroatoms. The van der Waals surface area contributed by atoms with Crippen LogP contribution < -0.4 is 5.56 Å². The third-order valence-electron chi connectivity index (χ3n) is 13.0. The van der Waals surface area contributed by atoms with E-state index in [-0.39, 0.29) is 5.56 Å². The van der Waals surface area contributed by atoms with Crippen molar-refractivity contribution in [2.45, 2.75) is 0 Å². The van der Waals surface area contributed by atoms with E-state index in [4.69, 9.17) is 0 Å². The first-order chi connectivity index (χ1) is 29.2. The molecule has 0 radical (unpaired) electrons. The molecule has 0 fully saturated rings. The quantitative estimate of drug-likeness (QED) is 0.161. The fourth-order valence-electron chi connectivity index (χ4n) is 10.4. The van der Waals surface area contributed by atoms with Crippen molar-refractivity contribution in [1.29, 1.82) is 0 Å². The third kappa shape index (κ3) is 4.13. The minimum Gasteiger partial charge on any atom is -0.309 e. The van der Waals surface area contributed by atoms with Gasteiger partial charge in [0.15, 0.2) is 0 Å². The fraction of sp³-hybridized carbons (Fsp3) is 0. The summed E-state index contributed by atoms with van der Waals surface area (Å²) in [6, 6.07) is 66.2. The van der Waals surface area contributed by atoms with Crippen LogP contribution in [0.25, 0.3) is 129 Å². The van der Waals surface area contributed by atoms with Gasteiger partial charge in [-0.1, -0.05) is 121 Å². The summed E-state index contributed by atoms with van der Waals surface area (Å²) in [5, 5.41) is 17.6. The lowest BCUT2D eigenvalue weighted by Gasteiger charge is -2.15. The molecule has 0 aliphatic heterocycles. The van der Waals surface area contributed by atoms with E-state index < -0.39 is 0 Å². The van der Waals surface area contributed by atoms with Gasteiger partial charge in [-0.15, -0.1) is 11.3 Å². The highest BCUT2D eigenvalue weighted by molar-refractivity contribution is 7.25. The molecule has 0 atom stereocenters. The molecule has 10 aromatic carbocycles. The van der Waals surface area contributed by atoms with Gasteiger partial charge >= 0.3 is 0 Å². The first-order valence-corrected chi connectivity index (χ1v) is 20.9. The van der Waals surface area contributed by atoms with Crippen molar-refractivity contribution in [3.63, 3.8) is 0 Å². The van der Waals surface area contributed by atoms with E-state index >= 15 is 0 Å². The number of nitrogens with zero attached hydrogens (tertiary/aromatic N) is 2. The van der Waals surface area contributed by atoms with E-state index in [1.54, 1.807) is 0 Å². The SMILES string of the molecule is O=c1c2ccccc2c2cccc3c4cc(-c5ccc6c7ccccc7c7ccc(-n8c9ccccc9c9cc%10sc%11ccccc%11c%10cc98)cc7c6c5)ccc4n1c23. The number of hydrogen-bond donors (Lipinski definition) is 0.